The molecule has 4 rings (SSSR count). The highest BCUT2D eigenvalue weighted by Gasteiger charge is 2.31. The van der Waals surface area contributed by atoms with E-state index in [1.807, 2.05) is 6.07 Å². The second-order valence-electron chi connectivity index (χ2n) is 6.98. The van der Waals surface area contributed by atoms with Gasteiger partial charge in [-0.25, -0.2) is 9.97 Å². The lowest BCUT2D eigenvalue weighted by molar-refractivity contribution is -0.143. The van der Waals surface area contributed by atoms with Crippen LogP contribution in [0.15, 0.2) is 17.2 Å². The number of ether oxygens (including phenoxy) is 2. The molecule has 142 valence electrons. The predicted molar refractivity (Wildman–Crippen MR) is 103 cm³/mol. The molecule has 3 aromatic heterocycles. The van der Waals surface area contributed by atoms with Crippen molar-refractivity contribution in [1.82, 2.24) is 14.5 Å². The summed E-state index contributed by atoms with van der Waals surface area (Å²) in [6.45, 7) is 6.59. The van der Waals surface area contributed by atoms with E-state index in [9.17, 15) is 9.59 Å². The Labute approximate surface area is 159 Å². The molecule has 0 aliphatic carbocycles. The first kappa shape index (κ1) is 18.1. The average Bonchev–Trinajstić information content (AvgIpc) is 3.00. The Bertz CT molecular complexity index is 1100. The van der Waals surface area contributed by atoms with Crippen molar-refractivity contribution >= 4 is 37.7 Å². The molecule has 0 radical (unpaired) electrons. The highest BCUT2D eigenvalue weighted by molar-refractivity contribution is 7.25. The first-order chi connectivity index (χ1) is 12.9. The van der Waals surface area contributed by atoms with E-state index in [4.69, 9.17) is 14.5 Å². The topological polar surface area (TPSA) is 83.3 Å². The number of fused-ring (bicyclic) bond motifs is 4. The van der Waals surface area contributed by atoms with Crippen LogP contribution in [0.1, 0.15) is 38.4 Å². The van der Waals surface area contributed by atoms with Crippen molar-refractivity contribution in [1.29, 1.82) is 0 Å². The van der Waals surface area contributed by atoms with E-state index < -0.39 is 5.97 Å². The molecule has 1 unspecified atom stereocenters. The molecule has 1 atom stereocenters. The Morgan fingerprint density at radius 2 is 2.26 bits per heavy atom. The normalized spacial score (nSPS) is 19.4. The van der Waals surface area contributed by atoms with E-state index in [1.54, 1.807) is 6.92 Å². The van der Waals surface area contributed by atoms with E-state index in [0.29, 0.717) is 16.8 Å². The lowest BCUT2D eigenvalue weighted by atomic mass is 9.91. The molecule has 0 saturated heterocycles. The maximum Gasteiger partial charge on any atom is 0.326 e. The van der Waals surface area contributed by atoms with Gasteiger partial charge in [-0.15, -0.1) is 11.3 Å². The summed E-state index contributed by atoms with van der Waals surface area (Å²) in [5.41, 5.74) is 2.25. The Morgan fingerprint density at radius 1 is 1.44 bits per heavy atom. The van der Waals surface area contributed by atoms with Crippen LogP contribution in [0.25, 0.3) is 20.4 Å². The third kappa shape index (κ3) is 3.12. The van der Waals surface area contributed by atoms with Crippen LogP contribution in [0.2, 0.25) is 0 Å². The molecule has 0 fully saturated rings. The molecule has 0 amide bonds. The molecule has 7 nitrogen and oxygen atoms in total. The largest absolute Gasteiger partial charge is 0.465 e. The fourth-order valence-corrected chi connectivity index (χ4v) is 4.37. The van der Waals surface area contributed by atoms with E-state index in [1.165, 1.54) is 22.2 Å². The average molecular weight is 387 g/mol. The number of nitrogens with zero attached hydrogens (tertiary/aromatic N) is 3. The highest BCUT2D eigenvalue weighted by Crippen LogP contribution is 2.35. The maximum atomic E-state index is 12.8. The van der Waals surface area contributed by atoms with Gasteiger partial charge in [-0.1, -0.05) is 6.92 Å². The molecule has 0 saturated carbocycles. The summed E-state index contributed by atoms with van der Waals surface area (Å²) in [5.74, 6) is -0.452. The minimum atomic E-state index is -0.452. The summed E-state index contributed by atoms with van der Waals surface area (Å²) in [7, 11) is 0. The zero-order valence-corrected chi connectivity index (χ0v) is 16.4. The number of hydrogen-bond acceptors (Lipinski definition) is 7. The van der Waals surface area contributed by atoms with Gasteiger partial charge in [0, 0.05) is 17.4 Å². The van der Waals surface area contributed by atoms with Crippen molar-refractivity contribution in [2.75, 3.05) is 6.61 Å². The van der Waals surface area contributed by atoms with Crippen LogP contribution in [-0.2, 0) is 33.8 Å². The lowest BCUT2D eigenvalue weighted by Gasteiger charge is -2.33. The molecule has 0 N–H and O–H groups in total. The maximum absolute atomic E-state index is 12.8. The van der Waals surface area contributed by atoms with Gasteiger partial charge in [-0.2, -0.15) is 0 Å². The fraction of sp³-hybridized carbons (Fsp3) is 0.474. The molecule has 3 aromatic rings. The molecule has 4 heterocycles. The summed E-state index contributed by atoms with van der Waals surface area (Å²) < 4.78 is 12.7. The van der Waals surface area contributed by atoms with Crippen molar-refractivity contribution < 1.29 is 14.3 Å². The molecule has 0 aromatic carbocycles. The van der Waals surface area contributed by atoms with Crippen LogP contribution < -0.4 is 5.56 Å². The van der Waals surface area contributed by atoms with Crippen molar-refractivity contribution in [2.45, 2.75) is 52.4 Å². The van der Waals surface area contributed by atoms with Gasteiger partial charge in [0.15, 0.2) is 0 Å². The number of thiophene rings is 1. The summed E-state index contributed by atoms with van der Waals surface area (Å²) in [4.78, 5) is 34.5. The Hall–Kier alpha value is -2.32. The number of esters is 1. The molecule has 0 spiro atoms. The monoisotopic (exact) mass is 387 g/mol. The smallest absolute Gasteiger partial charge is 0.326 e. The van der Waals surface area contributed by atoms with Crippen molar-refractivity contribution in [2.24, 2.45) is 0 Å². The number of rotatable bonds is 4. The number of aromatic nitrogens is 3. The number of hydrogen-bond donors (Lipinski definition) is 0. The summed E-state index contributed by atoms with van der Waals surface area (Å²) in [6, 6.07) is 2.04. The standard InChI is InChI=1S/C19H21N3O4S/c1-4-19(3)7-13-11(9-26-19)6-12-15-16(27-17(12)21-13)18(24)22(10-20-15)8-14(23)25-5-2/h6,10H,4-5,7-9H2,1-3H3. The Kier molecular flexibility index (Phi) is 4.47. The van der Waals surface area contributed by atoms with E-state index in [0.717, 1.165) is 34.3 Å². The molecular weight excluding hydrogens is 366 g/mol. The minimum absolute atomic E-state index is 0.142. The van der Waals surface area contributed by atoms with Gasteiger partial charge in [0.05, 0.1) is 36.4 Å². The van der Waals surface area contributed by atoms with Crippen molar-refractivity contribution in [3.8, 4) is 0 Å². The fourth-order valence-electron chi connectivity index (χ4n) is 3.29. The van der Waals surface area contributed by atoms with Crippen molar-refractivity contribution in [3.63, 3.8) is 0 Å². The van der Waals surface area contributed by atoms with Gasteiger partial charge in [-0.3, -0.25) is 14.2 Å². The molecular formula is C19H21N3O4S. The van der Waals surface area contributed by atoms with Gasteiger partial charge in [0.2, 0.25) is 0 Å². The second kappa shape index (κ2) is 6.69. The summed E-state index contributed by atoms with van der Waals surface area (Å²) in [5, 5.41) is 0.859. The van der Waals surface area contributed by atoms with Crippen LogP contribution in [0, 0.1) is 0 Å². The minimum Gasteiger partial charge on any atom is -0.465 e. The van der Waals surface area contributed by atoms with Gasteiger partial charge < -0.3 is 9.47 Å². The van der Waals surface area contributed by atoms with Gasteiger partial charge >= 0.3 is 5.97 Å². The van der Waals surface area contributed by atoms with E-state index in [2.05, 4.69) is 18.8 Å². The Balaban J connectivity index is 1.80. The predicted octanol–water partition coefficient (Wildman–Crippen LogP) is 2.81. The van der Waals surface area contributed by atoms with Gasteiger partial charge in [-0.05, 0) is 26.3 Å². The number of carbonyl (C=O) groups excluding carboxylic acids is 1. The highest BCUT2D eigenvalue weighted by atomic mass is 32.1. The first-order valence-corrected chi connectivity index (χ1v) is 9.85. The Morgan fingerprint density at radius 3 is 3.00 bits per heavy atom. The van der Waals surface area contributed by atoms with Crippen LogP contribution >= 0.6 is 11.3 Å². The summed E-state index contributed by atoms with van der Waals surface area (Å²) >= 11 is 1.32. The van der Waals surface area contributed by atoms with E-state index in [-0.39, 0.29) is 24.3 Å². The number of pyridine rings is 1. The van der Waals surface area contributed by atoms with Crippen LogP contribution in [0.3, 0.4) is 0 Å². The van der Waals surface area contributed by atoms with Gasteiger partial charge in [0.25, 0.3) is 5.56 Å². The molecule has 8 heteroatoms. The van der Waals surface area contributed by atoms with Crippen LogP contribution in [-0.4, -0.2) is 32.7 Å². The van der Waals surface area contributed by atoms with E-state index >= 15 is 0 Å². The number of carbonyl (C=O) groups is 1. The molecule has 1 aliphatic heterocycles. The SMILES string of the molecule is CCOC(=O)Cn1cnc2c(sc3nc4c(cc32)COC(C)(CC)C4)c1=O. The summed E-state index contributed by atoms with van der Waals surface area (Å²) in [6.07, 6.45) is 3.07. The molecule has 1 aliphatic rings. The lowest BCUT2D eigenvalue weighted by Crippen LogP contribution is -2.35. The zero-order valence-electron chi connectivity index (χ0n) is 15.6. The van der Waals surface area contributed by atoms with Crippen LogP contribution in [0.5, 0.6) is 0 Å². The van der Waals surface area contributed by atoms with Crippen LogP contribution in [0.4, 0.5) is 0 Å². The van der Waals surface area contributed by atoms with Gasteiger partial charge in [0.1, 0.15) is 16.1 Å². The zero-order chi connectivity index (χ0) is 19.2. The van der Waals surface area contributed by atoms with Crippen molar-refractivity contribution in [3.05, 3.63) is 34.0 Å². The quantitative estimate of drug-likeness (QED) is 0.640. The first-order valence-electron chi connectivity index (χ1n) is 9.04. The molecule has 0 bridgehead atoms. The third-order valence-corrected chi connectivity index (χ3v) is 6.15. The second-order valence-corrected chi connectivity index (χ2v) is 7.98. The molecule has 27 heavy (non-hydrogen) atoms. The third-order valence-electron chi connectivity index (χ3n) is 5.08.